The SMILES string of the molecule is Clc1cnc(CC2CCC(NC[C@@H]3CCCO3)CC2)cc1-c1cccc(NCC2CCCOC2)n1. The van der Waals surface area contributed by atoms with Gasteiger partial charge >= 0.3 is 0 Å². The molecule has 2 saturated heterocycles. The Balaban J connectivity index is 1.15. The maximum absolute atomic E-state index is 6.57. The first kappa shape index (κ1) is 24.9. The molecular formula is C28H39ClN4O2. The highest BCUT2D eigenvalue weighted by atomic mass is 35.5. The zero-order valence-corrected chi connectivity index (χ0v) is 21.4. The van der Waals surface area contributed by atoms with E-state index in [-0.39, 0.29) is 0 Å². The molecule has 3 aliphatic rings. The molecule has 4 heterocycles. The Bertz CT molecular complexity index is 938. The van der Waals surface area contributed by atoms with Gasteiger partial charge < -0.3 is 20.1 Å². The van der Waals surface area contributed by atoms with E-state index in [9.17, 15) is 0 Å². The van der Waals surface area contributed by atoms with E-state index in [1.165, 1.54) is 44.9 Å². The third-order valence-electron chi connectivity index (χ3n) is 7.77. The lowest BCUT2D eigenvalue weighted by Crippen LogP contribution is -2.38. The summed E-state index contributed by atoms with van der Waals surface area (Å²) < 4.78 is 11.4. The zero-order chi connectivity index (χ0) is 23.9. The van der Waals surface area contributed by atoms with Gasteiger partial charge in [-0.3, -0.25) is 4.98 Å². The zero-order valence-electron chi connectivity index (χ0n) is 20.7. The highest BCUT2D eigenvalue weighted by Gasteiger charge is 2.24. The first-order chi connectivity index (χ1) is 17.2. The molecule has 2 N–H and O–H groups in total. The van der Waals surface area contributed by atoms with Crippen molar-refractivity contribution in [2.75, 3.05) is 38.2 Å². The van der Waals surface area contributed by atoms with Gasteiger partial charge in [-0.05, 0) is 87.8 Å². The minimum Gasteiger partial charge on any atom is -0.381 e. The van der Waals surface area contributed by atoms with Crippen molar-refractivity contribution in [3.63, 3.8) is 0 Å². The summed E-state index contributed by atoms with van der Waals surface area (Å²) >= 11 is 6.57. The second kappa shape index (κ2) is 12.5. The highest BCUT2D eigenvalue weighted by molar-refractivity contribution is 6.33. The molecule has 1 aliphatic carbocycles. The molecule has 1 unspecified atom stereocenters. The lowest BCUT2D eigenvalue weighted by Gasteiger charge is -2.30. The molecule has 35 heavy (non-hydrogen) atoms. The summed E-state index contributed by atoms with van der Waals surface area (Å²) in [4.78, 5) is 9.52. The molecule has 0 radical (unpaired) electrons. The first-order valence-corrected chi connectivity index (χ1v) is 13.9. The summed E-state index contributed by atoms with van der Waals surface area (Å²) in [5, 5.41) is 7.89. The van der Waals surface area contributed by atoms with Gasteiger partial charge in [0.05, 0.1) is 23.4 Å². The molecule has 3 fully saturated rings. The summed E-state index contributed by atoms with van der Waals surface area (Å²) in [6.07, 6.45) is 12.9. The molecule has 0 spiro atoms. The fraction of sp³-hybridized carbons (Fsp3) is 0.643. The number of ether oxygens (including phenoxy) is 2. The third-order valence-corrected chi connectivity index (χ3v) is 8.07. The van der Waals surface area contributed by atoms with Gasteiger partial charge in [-0.25, -0.2) is 4.98 Å². The molecule has 2 aromatic heterocycles. The number of pyridine rings is 2. The van der Waals surface area contributed by atoms with Gasteiger partial charge in [-0.1, -0.05) is 17.7 Å². The van der Waals surface area contributed by atoms with E-state index in [4.69, 9.17) is 26.1 Å². The van der Waals surface area contributed by atoms with Gasteiger partial charge in [-0.15, -0.1) is 0 Å². The van der Waals surface area contributed by atoms with Gasteiger partial charge in [-0.2, -0.15) is 0 Å². The number of rotatable bonds is 9. The van der Waals surface area contributed by atoms with E-state index < -0.39 is 0 Å². The molecule has 5 rings (SSSR count). The minimum absolute atomic E-state index is 0.424. The van der Waals surface area contributed by atoms with Crippen LogP contribution in [0.2, 0.25) is 5.02 Å². The summed E-state index contributed by atoms with van der Waals surface area (Å²) in [6, 6.07) is 8.87. The van der Waals surface area contributed by atoms with E-state index in [2.05, 4.69) is 21.7 Å². The Morgan fingerprint density at radius 3 is 2.66 bits per heavy atom. The lowest BCUT2D eigenvalue weighted by atomic mass is 9.83. The van der Waals surface area contributed by atoms with Crippen LogP contribution in [0.4, 0.5) is 5.82 Å². The minimum atomic E-state index is 0.424. The molecule has 2 atom stereocenters. The average molecular weight is 499 g/mol. The van der Waals surface area contributed by atoms with E-state index in [1.807, 2.05) is 18.2 Å². The van der Waals surface area contributed by atoms with Crippen molar-refractivity contribution in [3.05, 3.63) is 41.2 Å². The number of aromatic nitrogens is 2. The number of hydrogen-bond acceptors (Lipinski definition) is 6. The normalized spacial score (nSPS) is 27.1. The largest absolute Gasteiger partial charge is 0.381 e. The Kier molecular flexibility index (Phi) is 8.90. The van der Waals surface area contributed by atoms with Gasteiger partial charge in [0.1, 0.15) is 5.82 Å². The van der Waals surface area contributed by atoms with Crippen molar-refractivity contribution in [2.24, 2.45) is 11.8 Å². The van der Waals surface area contributed by atoms with Crippen LogP contribution in [0, 0.1) is 11.8 Å². The van der Waals surface area contributed by atoms with Crippen LogP contribution in [0.25, 0.3) is 11.3 Å². The van der Waals surface area contributed by atoms with Gasteiger partial charge in [0.2, 0.25) is 0 Å². The number of hydrogen-bond donors (Lipinski definition) is 2. The maximum Gasteiger partial charge on any atom is 0.126 e. The van der Waals surface area contributed by atoms with E-state index in [0.717, 1.165) is 68.5 Å². The quantitative estimate of drug-likeness (QED) is 0.475. The van der Waals surface area contributed by atoms with Crippen molar-refractivity contribution in [1.29, 1.82) is 0 Å². The molecule has 6 nitrogen and oxygen atoms in total. The Hall–Kier alpha value is -1.73. The number of nitrogens with zero attached hydrogens (tertiary/aromatic N) is 2. The third kappa shape index (κ3) is 7.16. The summed E-state index contributed by atoms with van der Waals surface area (Å²) in [6.45, 7) is 4.55. The first-order valence-electron chi connectivity index (χ1n) is 13.5. The number of anilines is 1. The topological polar surface area (TPSA) is 68.3 Å². The molecule has 7 heteroatoms. The number of halogens is 1. The molecule has 0 aromatic carbocycles. The van der Waals surface area contributed by atoms with Crippen LogP contribution in [0.15, 0.2) is 30.5 Å². The van der Waals surface area contributed by atoms with Crippen molar-refractivity contribution in [2.45, 2.75) is 69.9 Å². The summed E-state index contributed by atoms with van der Waals surface area (Å²) in [5.74, 6) is 2.11. The molecule has 1 saturated carbocycles. The standard InChI is InChI=1S/C28H39ClN4O2/c29-26-18-31-23(14-20-8-10-22(11-9-20)30-17-24-5-3-13-35-24)15-25(26)27-6-1-7-28(33-27)32-16-21-4-2-12-34-19-21/h1,6-7,15,18,20-22,24,30H,2-5,8-14,16-17,19H2,(H,32,33)/t20?,21?,22?,24-/m0/s1. The van der Waals surface area contributed by atoms with Crippen LogP contribution in [-0.2, 0) is 15.9 Å². The Morgan fingerprint density at radius 2 is 1.86 bits per heavy atom. The van der Waals surface area contributed by atoms with Crippen LogP contribution >= 0.6 is 11.6 Å². The van der Waals surface area contributed by atoms with Crippen LogP contribution in [0.3, 0.4) is 0 Å². The van der Waals surface area contributed by atoms with Crippen LogP contribution in [0.5, 0.6) is 0 Å². The summed E-state index contributed by atoms with van der Waals surface area (Å²) in [5.41, 5.74) is 2.97. The average Bonchev–Trinajstić information content (AvgIpc) is 3.43. The van der Waals surface area contributed by atoms with Crippen molar-refractivity contribution >= 4 is 17.4 Å². The predicted molar refractivity (Wildman–Crippen MR) is 141 cm³/mol. The van der Waals surface area contributed by atoms with E-state index in [1.54, 1.807) is 6.20 Å². The highest BCUT2D eigenvalue weighted by Crippen LogP contribution is 2.31. The fourth-order valence-corrected chi connectivity index (χ4v) is 5.86. The van der Waals surface area contributed by atoms with Crippen LogP contribution in [0.1, 0.15) is 57.1 Å². The monoisotopic (exact) mass is 498 g/mol. The molecule has 0 amide bonds. The van der Waals surface area contributed by atoms with E-state index in [0.29, 0.717) is 29.0 Å². The molecule has 0 bridgehead atoms. The van der Waals surface area contributed by atoms with Crippen molar-refractivity contribution in [3.8, 4) is 11.3 Å². The van der Waals surface area contributed by atoms with Crippen molar-refractivity contribution in [1.82, 2.24) is 15.3 Å². The van der Waals surface area contributed by atoms with Crippen LogP contribution in [-0.4, -0.2) is 55.0 Å². The Labute approximate surface area is 214 Å². The van der Waals surface area contributed by atoms with Gasteiger partial charge in [0, 0.05) is 49.8 Å². The molecule has 2 aromatic rings. The Morgan fingerprint density at radius 1 is 0.971 bits per heavy atom. The van der Waals surface area contributed by atoms with Gasteiger partial charge in [0.25, 0.3) is 0 Å². The molecule has 190 valence electrons. The second-order valence-corrected chi connectivity index (χ2v) is 10.9. The van der Waals surface area contributed by atoms with Gasteiger partial charge in [0.15, 0.2) is 0 Å². The van der Waals surface area contributed by atoms with Crippen LogP contribution < -0.4 is 10.6 Å². The van der Waals surface area contributed by atoms with E-state index >= 15 is 0 Å². The molecular weight excluding hydrogens is 460 g/mol. The second-order valence-electron chi connectivity index (χ2n) is 10.5. The molecule has 2 aliphatic heterocycles. The number of nitrogens with one attached hydrogen (secondary N) is 2. The maximum atomic E-state index is 6.57. The fourth-order valence-electron chi connectivity index (χ4n) is 5.66. The summed E-state index contributed by atoms with van der Waals surface area (Å²) in [7, 11) is 0. The lowest BCUT2D eigenvalue weighted by molar-refractivity contribution is 0.0595. The predicted octanol–water partition coefficient (Wildman–Crippen LogP) is 5.51. The van der Waals surface area contributed by atoms with Crippen molar-refractivity contribution < 1.29 is 9.47 Å². The smallest absolute Gasteiger partial charge is 0.126 e.